The summed E-state index contributed by atoms with van der Waals surface area (Å²) in [4.78, 5) is 12.2. The molecule has 1 aromatic rings. The summed E-state index contributed by atoms with van der Waals surface area (Å²) in [5.74, 6) is 0.144. The predicted octanol–water partition coefficient (Wildman–Crippen LogP) is 4.13. The first kappa shape index (κ1) is 18.0. The molecule has 2 atom stereocenters. The topological polar surface area (TPSA) is 64.6 Å². The molecular formula is C17H26NO4P. The van der Waals surface area contributed by atoms with E-state index in [0.29, 0.717) is 5.75 Å². The van der Waals surface area contributed by atoms with Crippen molar-refractivity contribution < 1.29 is 18.6 Å². The summed E-state index contributed by atoms with van der Waals surface area (Å²) in [6.45, 7) is 3.12. The fourth-order valence-electron chi connectivity index (χ4n) is 2.74. The van der Waals surface area contributed by atoms with Gasteiger partial charge in [0.15, 0.2) is 0 Å². The van der Waals surface area contributed by atoms with Crippen LogP contribution in [0.2, 0.25) is 0 Å². The Morgan fingerprint density at radius 1 is 1.17 bits per heavy atom. The molecule has 1 unspecified atom stereocenters. The molecule has 0 bridgehead atoms. The van der Waals surface area contributed by atoms with E-state index in [1.54, 1.807) is 31.2 Å². The molecule has 0 spiro atoms. The van der Waals surface area contributed by atoms with E-state index in [1.807, 2.05) is 6.07 Å². The summed E-state index contributed by atoms with van der Waals surface area (Å²) in [5, 5.41) is 2.77. The number of benzene rings is 1. The molecule has 2 rings (SSSR count). The molecule has 0 heterocycles. The largest absolute Gasteiger partial charge is 0.461 e. The van der Waals surface area contributed by atoms with Crippen LogP contribution in [0.25, 0.3) is 0 Å². The van der Waals surface area contributed by atoms with Gasteiger partial charge in [0.25, 0.3) is 0 Å². The Labute approximate surface area is 138 Å². The summed E-state index contributed by atoms with van der Waals surface area (Å²) in [5.41, 5.74) is 0. The zero-order chi connectivity index (χ0) is 16.7. The van der Waals surface area contributed by atoms with Crippen LogP contribution >= 0.6 is 7.52 Å². The van der Waals surface area contributed by atoms with E-state index in [9.17, 15) is 9.36 Å². The quantitative estimate of drug-likeness (QED) is 0.479. The van der Waals surface area contributed by atoms with Gasteiger partial charge in [0.1, 0.15) is 17.9 Å². The Balaban J connectivity index is 1.85. The maximum absolute atomic E-state index is 12.5. The van der Waals surface area contributed by atoms with Gasteiger partial charge in [-0.1, -0.05) is 31.0 Å². The highest BCUT2D eigenvalue weighted by Crippen LogP contribution is 2.39. The Hall–Kier alpha value is -1.32. The van der Waals surface area contributed by atoms with Crippen LogP contribution in [0.15, 0.2) is 30.3 Å². The number of nitrogens with one attached hydrogen (secondary N) is 1. The standard InChI is InChI=1S/C17H26NO4P/c1-14(17(19)21-15-10-6-3-4-7-11-15)18-23(2,20)22-16-12-8-5-9-13-16/h5,8-9,12-15H,3-4,6-7,10-11H2,1-2H3,(H,18,20)/t14-,23?/m0/s1. The van der Waals surface area contributed by atoms with Crippen LogP contribution in [0.5, 0.6) is 5.75 Å². The molecule has 5 nitrogen and oxygen atoms in total. The third-order valence-corrected chi connectivity index (χ3v) is 5.31. The number of esters is 1. The summed E-state index contributed by atoms with van der Waals surface area (Å²) in [6, 6.07) is 8.25. The number of hydrogen-bond acceptors (Lipinski definition) is 4. The number of hydrogen-bond donors (Lipinski definition) is 1. The zero-order valence-corrected chi connectivity index (χ0v) is 14.8. The molecule has 23 heavy (non-hydrogen) atoms. The molecule has 1 aliphatic rings. The lowest BCUT2D eigenvalue weighted by atomic mass is 10.1. The monoisotopic (exact) mass is 339 g/mol. The van der Waals surface area contributed by atoms with E-state index in [1.165, 1.54) is 19.5 Å². The molecular weight excluding hydrogens is 313 g/mol. The van der Waals surface area contributed by atoms with Crippen molar-refractivity contribution in [2.75, 3.05) is 6.66 Å². The molecule has 1 fully saturated rings. The molecule has 128 valence electrons. The Kier molecular flexibility index (Phi) is 6.67. The van der Waals surface area contributed by atoms with Crippen molar-refractivity contribution in [3.63, 3.8) is 0 Å². The summed E-state index contributed by atoms with van der Waals surface area (Å²) >= 11 is 0. The minimum Gasteiger partial charge on any atom is -0.461 e. The second kappa shape index (κ2) is 8.51. The smallest absolute Gasteiger partial charge is 0.323 e. The summed E-state index contributed by atoms with van der Waals surface area (Å²) in [6.07, 6.45) is 6.44. The second-order valence-electron chi connectivity index (χ2n) is 6.15. The third kappa shape index (κ3) is 6.36. The Morgan fingerprint density at radius 2 is 1.78 bits per heavy atom. The predicted molar refractivity (Wildman–Crippen MR) is 90.8 cm³/mol. The highest BCUT2D eigenvalue weighted by Gasteiger charge is 2.27. The van der Waals surface area contributed by atoms with Crippen molar-refractivity contribution in [3.05, 3.63) is 30.3 Å². The maximum Gasteiger partial charge on any atom is 0.323 e. The molecule has 1 aliphatic carbocycles. The normalized spacial score (nSPS) is 20.1. The van der Waals surface area contributed by atoms with Crippen LogP contribution in [-0.2, 0) is 14.1 Å². The van der Waals surface area contributed by atoms with Gasteiger partial charge in [-0.2, -0.15) is 0 Å². The number of rotatable bonds is 6. The first-order valence-electron chi connectivity index (χ1n) is 8.27. The van der Waals surface area contributed by atoms with Crippen LogP contribution in [0.3, 0.4) is 0 Å². The van der Waals surface area contributed by atoms with Gasteiger partial charge < -0.3 is 9.26 Å². The molecule has 1 N–H and O–H groups in total. The van der Waals surface area contributed by atoms with E-state index in [2.05, 4.69) is 5.09 Å². The maximum atomic E-state index is 12.5. The number of carbonyl (C=O) groups is 1. The van der Waals surface area contributed by atoms with Crippen LogP contribution < -0.4 is 9.61 Å². The molecule has 1 aromatic carbocycles. The minimum absolute atomic E-state index is 0.0134. The van der Waals surface area contributed by atoms with Gasteiger partial charge in [-0.15, -0.1) is 0 Å². The number of carbonyl (C=O) groups excluding carboxylic acids is 1. The average Bonchev–Trinajstić information content (AvgIpc) is 2.76. The van der Waals surface area contributed by atoms with Crippen molar-refractivity contribution in [3.8, 4) is 5.75 Å². The lowest BCUT2D eigenvalue weighted by Crippen LogP contribution is -2.36. The van der Waals surface area contributed by atoms with Crippen molar-refractivity contribution in [2.24, 2.45) is 0 Å². The van der Waals surface area contributed by atoms with Crippen LogP contribution in [-0.4, -0.2) is 24.8 Å². The second-order valence-corrected chi connectivity index (χ2v) is 8.28. The highest BCUT2D eigenvalue weighted by atomic mass is 31.2. The highest BCUT2D eigenvalue weighted by molar-refractivity contribution is 7.56. The molecule has 0 aliphatic heterocycles. The van der Waals surface area contributed by atoms with Gasteiger partial charge in [-0.25, -0.2) is 5.09 Å². The van der Waals surface area contributed by atoms with E-state index in [4.69, 9.17) is 9.26 Å². The number of para-hydroxylation sites is 1. The van der Waals surface area contributed by atoms with Crippen molar-refractivity contribution >= 4 is 13.5 Å². The van der Waals surface area contributed by atoms with Gasteiger partial charge >= 0.3 is 13.5 Å². The summed E-state index contributed by atoms with van der Waals surface area (Å²) < 4.78 is 23.5. The third-order valence-electron chi connectivity index (χ3n) is 3.89. The molecule has 1 saturated carbocycles. The fraction of sp³-hybridized carbons (Fsp3) is 0.588. The van der Waals surface area contributed by atoms with Gasteiger partial charge in [0.05, 0.1) is 0 Å². The molecule has 0 aromatic heterocycles. The lowest BCUT2D eigenvalue weighted by molar-refractivity contribution is -0.151. The van der Waals surface area contributed by atoms with Gasteiger partial charge in [-0.05, 0) is 44.7 Å². The lowest BCUT2D eigenvalue weighted by Gasteiger charge is -2.22. The SMILES string of the molecule is C[C@H](NP(C)(=O)Oc1ccccc1)C(=O)OC1CCCCCC1. The van der Waals surface area contributed by atoms with Gasteiger partial charge in [-0.3, -0.25) is 9.36 Å². The first-order valence-corrected chi connectivity index (χ1v) is 10.3. The Bertz CT molecular complexity index is 541. The van der Waals surface area contributed by atoms with E-state index < -0.39 is 13.6 Å². The van der Waals surface area contributed by atoms with Crippen LogP contribution in [0.1, 0.15) is 45.4 Å². The van der Waals surface area contributed by atoms with Crippen molar-refractivity contribution in [2.45, 2.75) is 57.6 Å². The van der Waals surface area contributed by atoms with E-state index in [-0.39, 0.29) is 12.1 Å². The van der Waals surface area contributed by atoms with Crippen LogP contribution in [0.4, 0.5) is 0 Å². The van der Waals surface area contributed by atoms with Crippen molar-refractivity contribution in [1.82, 2.24) is 5.09 Å². The number of ether oxygens (including phenoxy) is 1. The zero-order valence-electron chi connectivity index (χ0n) is 13.9. The molecule has 0 amide bonds. The fourth-order valence-corrected chi connectivity index (χ4v) is 4.13. The molecule has 0 saturated heterocycles. The van der Waals surface area contributed by atoms with Crippen molar-refractivity contribution in [1.29, 1.82) is 0 Å². The van der Waals surface area contributed by atoms with Gasteiger partial charge in [0, 0.05) is 6.66 Å². The van der Waals surface area contributed by atoms with Crippen LogP contribution in [0, 0.1) is 0 Å². The van der Waals surface area contributed by atoms with Gasteiger partial charge in [0.2, 0.25) is 0 Å². The first-order chi connectivity index (χ1) is 11.0. The molecule has 6 heteroatoms. The average molecular weight is 339 g/mol. The molecule has 0 radical (unpaired) electrons. The van der Waals surface area contributed by atoms with E-state index in [0.717, 1.165) is 25.7 Å². The minimum atomic E-state index is -3.14. The Morgan fingerprint density at radius 3 is 2.39 bits per heavy atom. The van der Waals surface area contributed by atoms with E-state index >= 15 is 0 Å². The summed E-state index contributed by atoms with van der Waals surface area (Å²) in [7, 11) is -3.14.